The number of benzene rings is 1. The van der Waals surface area contributed by atoms with E-state index in [9.17, 15) is 14.7 Å². The van der Waals surface area contributed by atoms with Crippen molar-refractivity contribution in [3.05, 3.63) is 52.7 Å². The number of aromatic hydroxyl groups is 1. The Morgan fingerprint density at radius 2 is 2.24 bits per heavy atom. The third-order valence-corrected chi connectivity index (χ3v) is 2.01. The SMILES string of the molecule is O=C(Nc1cccc(O)c1)c1c[nH]c(=O)cn1. The minimum Gasteiger partial charge on any atom is -0.508 e. The lowest BCUT2D eigenvalue weighted by molar-refractivity contribution is 0.102. The summed E-state index contributed by atoms with van der Waals surface area (Å²) >= 11 is 0. The van der Waals surface area contributed by atoms with Crippen LogP contribution in [0.2, 0.25) is 0 Å². The quantitative estimate of drug-likeness (QED) is 0.709. The van der Waals surface area contributed by atoms with E-state index in [0.29, 0.717) is 5.69 Å². The Balaban J connectivity index is 2.17. The summed E-state index contributed by atoms with van der Waals surface area (Å²) in [5.74, 6) is -0.413. The summed E-state index contributed by atoms with van der Waals surface area (Å²) in [7, 11) is 0. The fourth-order valence-corrected chi connectivity index (χ4v) is 1.25. The van der Waals surface area contributed by atoms with Crippen molar-refractivity contribution in [2.75, 3.05) is 5.32 Å². The molecule has 0 aliphatic heterocycles. The van der Waals surface area contributed by atoms with E-state index in [1.165, 1.54) is 18.3 Å². The molecule has 6 nitrogen and oxygen atoms in total. The molecule has 0 fully saturated rings. The first-order valence-corrected chi connectivity index (χ1v) is 4.80. The topological polar surface area (TPSA) is 95.1 Å². The number of phenolic OH excluding ortho intramolecular Hbond substituents is 1. The lowest BCUT2D eigenvalue weighted by atomic mass is 10.3. The molecule has 86 valence electrons. The summed E-state index contributed by atoms with van der Waals surface area (Å²) in [6, 6.07) is 6.13. The van der Waals surface area contributed by atoms with E-state index >= 15 is 0 Å². The highest BCUT2D eigenvalue weighted by Gasteiger charge is 2.07. The van der Waals surface area contributed by atoms with Gasteiger partial charge in [-0.1, -0.05) is 6.07 Å². The van der Waals surface area contributed by atoms with Gasteiger partial charge in [-0.2, -0.15) is 0 Å². The minimum absolute atomic E-state index is 0.0530. The monoisotopic (exact) mass is 231 g/mol. The standard InChI is InChI=1S/C11H9N3O3/c15-8-3-1-2-7(4-8)14-11(17)9-5-13-10(16)6-12-9/h1-6,15H,(H,13,16)(H,14,17). The number of aromatic nitrogens is 2. The fraction of sp³-hybridized carbons (Fsp3) is 0. The molecule has 0 bridgehead atoms. The third-order valence-electron chi connectivity index (χ3n) is 2.01. The molecule has 1 aromatic carbocycles. The second-order valence-corrected chi connectivity index (χ2v) is 3.30. The maximum Gasteiger partial charge on any atom is 0.275 e. The number of amides is 1. The van der Waals surface area contributed by atoms with E-state index in [-0.39, 0.29) is 17.0 Å². The summed E-state index contributed by atoms with van der Waals surface area (Å²) < 4.78 is 0. The lowest BCUT2D eigenvalue weighted by Crippen LogP contribution is -2.16. The fourth-order valence-electron chi connectivity index (χ4n) is 1.25. The zero-order valence-electron chi connectivity index (χ0n) is 8.68. The van der Waals surface area contributed by atoms with Crippen LogP contribution in [0.25, 0.3) is 0 Å². The molecule has 0 atom stereocenters. The van der Waals surface area contributed by atoms with Crippen LogP contribution in [0, 0.1) is 0 Å². The van der Waals surface area contributed by atoms with Crippen LogP contribution in [0.3, 0.4) is 0 Å². The predicted octanol–water partition coefficient (Wildman–Crippen LogP) is 0.728. The Morgan fingerprint density at radius 1 is 1.41 bits per heavy atom. The van der Waals surface area contributed by atoms with Crippen molar-refractivity contribution in [1.29, 1.82) is 0 Å². The van der Waals surface area contributed by atoms with Crippen LogP contribution in [-0.2, 0) is 0 Å². The number of H-pyrrole nitrogens is 1. The molecular formula is C11H9N3O3. The van der Waals surface area contributed by atoms with E-state index in [2.05, 4.69) is 15.3 Å². The summed E-state index contributed by atoms with van der Waals surface area (Å²) in [5, 5.41) is 11.8. The van der Waals surface area contributed by atoms with E-state index in [1.807, 2.05) is 0 Å². The number of carbonyl (C=O) groups is 1. The van der Waals surface area contributed by atoms with Crippen molar-refractivity contribution >= 4 is 11.6 Å². The van der Waals surface area contributed by atoms with Gasteiger partial charge in [-0.3, -0.25) is 9.59 Å². The zero-order chi connectivity index (χ0) is 12.3. The van der Waals surface area contributed by atoms with Gasteiger partial charge in [0.1, 0.15) is 11.4 Å². The first kappa shape index (κ1) is 10.9. The molecule has 1 aromatic heterocycles. The summed E-state index contributed by atoms with van der Waals surface area (Å²) in [5.41, 5.74) is 0.162. The van der Waals surface area contributed by atoms with E-state index in [1.54, 1.807) is 12.1 Å². The highest BCUT2D eigenvalue weighted by molar-refractivity contribution is 6.02. The summed E-state index contributed by atoms with van der Waals surface area (Å²) in [4.78, 5) is 28.5. The van der Waals surface area contributed by atoms with Crippen molar-refractivity contribution in [2.45, 2.75) is 0 Å². The van der Waals surface area contributed by atoms with Crippen LogP contribution in [0.5, 0.6) is 5.75 Å². The molecule has 2 aromatic rings. The molecule has 3 N–H and O–H groups in total. The second kappa shape index (κ2) is 4.48. The Hall–Kier alpha value is -2.63. The maximum atomic E-state index is 11.7. The molecule has 17 heavy (non-hydrogen) atoms. The normalized spacial score (nSPS) is 9.88. The first-order valence-electron chi connectivity index (χ1n) is 4.80. The zero-order valence-corrected chi connectivity index (χ0v) is 8.68. The molecule has 0 spiro atoms. The van der Waals surface area contributed by atoms with E-state index < -0.39 is 5.91 Å². The minimum atomic E-state index is -0.466. The number of hydrogen-bond acceptors (Lipinski definition) is 4. The van der Waals surface area contributed by atoms with E-state index in [4.69, 9.17) is 0 Å². The van der Waals surface area contributed by atoms with Crippen molar-refractivity contribution in [1.82, 2.24) is 9.97 Å². The van der Waals surface area contributed by atoms with Gasteiger partial charge < -0.3 is 15.4 Å². The van der Waals surface area contributed by atoms with Crippen LogP contribution < -0.4 is 10.9 Å². The van der Waals surface area contributed by atoms with Gasteiger partial charge in [-0.05, 0) is 12.1 Å². The Morgan fingerprint density at radius 3 is 2.88 bits per heavy atom. The van der Waals surface area contributed by atoms with Crippen LogP contribution in [0.4, 0.5) is 5.69 Å². The number of anilines is 1. The number of nitrogens with one attached hydrogen (secondary N) is 2. The second-order valence-electron chi connectivity index (χ2n) is 3.30. The lowest BCUT2D eigenvalue weighted by Gasteiger charge is -2.04. The van der Waals surface area contributed by atoms with Crippen LogP contribution in [0.15, 0.2) is 41.5 Å². The third kappa shape index (κ3) is 2.69. The number of carbonyl (C=O) groups excluding carboxylic acids is 1. The van der Waals surface area contributed by atoms with Gasteiger partial charge >= 0.3 is 0 Å². The highest BCUT2D eigenvalue weighted by Crippen LogP contribution is 2.15. The largest absolute Gasteiger partial charge is 0.508 e. The van der Waals surface area contributed by atoms with Crippen molar-refractivity contribution < 1.29 is 9.90 Å². The van der Waals surface area contributed by atoms with Gasteiger partial charge in [0.05, 0.1) is 6.20 Å². The first-order chi connectivity index (χ1) is 8.15. The predicted molar refractivity (Wildman–Crippen MR) is 60.9 cm³/mol. The molecule has 0 radical (unpaired) electrons. The average molecular weight is 231 g/mol. The molecule has 0 saturated heterocycles. The number of hydrogen-bond donors (Lipinski definition) is 3. The molecule has 0 aliphatic carbocycles. The molecule has 0 aliphatic rings. The molecule has 1 heterocycles. The van der Waals surface area contributed by atoms with Gasteiger partial charge in [0.15, 0.2) is 0 Å². The van der Waals surface area contributed by atoms with Gasteiger partial charge in [-0.25, -0.2) is 4.98 Å². The Bertz CT molecular complexity index is 586. The van der Waals surface area contributed by atoms with Crippen LogP contribution in [0.1, 0.15) is 10.5 Å². The molecular weight excluding hydrogens is 222 g/mol. The van der Waals surface area contributed by atoms with Crippen molar-refractivity contribution in [2.24, 2.45) is 0 Å². The average Bonchev–Trinajstić information content (AvgIpc) is 2.29. The Kier molecular flexibility index (Phi) is 2.87. The molecule has 0 saturated carbocycles. The number of rotatable bonds is 2. The van der Waals surface area contributed by atoms with E-state index in [0.717, 1.165) is 6.20 Å². The Labute approximate surface area is 96.0 Å². The molecule has 0 unspecified atom stereocenters. The van der Waals surface area contributed by atoms with Gasteiger partial charge in [0.25, 0.3) is 11.5 Å². The van der Waals surface area contributed by atoms with Crippen molar-refractivity contribution in [3.8, 4) is 5.75 Å². The number of aromatic amines is 1. The van der Waals surface area contributed by atoms with Gasteiger partial charge in [-0.15, -0.1) is 0 Å². The molecule has 2 rings (SSSR count). The molecule has 1 amide bonds. The van der Waals surface area contributed by atoms with Gasteiger partial charge in [0.2, 0.25) is 0 Å². The highest BCUT2D eigenvalue weighted by atomic mass is 16.3. The van der Waals surface area contributed by atoms with Gasteiger partial charge in [0, 0.05) is 18.0 Å². The summed E-state index contributed by atoms with van der Waals surface area (Å²) in [6.07, 6.45) is 2.25. The summed E-state index contributed by atoms with van der Waals surface area (Å²) in [6.45, 7) is 0. The smallest absolute Gasteiger partial charge is 0.275 e. The van der Waals surface area contributed by atoms with Crippen LogP contribution >= 0.6 is 0 Å². The van der Waals surface area contributed by atoms with Crippen molar-refractivity contribution in [3.63, 3.8) is 0 Å². The number of nitrogens with zero attached hydrogens (tertiary/aromatic N) is 1. The van der Waals surface area contributed by atoms with Crippen LogP contribution in [-0.4, -0.2) is 21.0 Å². The number of phenols is 1. The maximum absolute atomic E-state index is 11.7. The molecule has 6 heteroatoms.